The minimum Gasteiger partial charge on any atom is -0.392 e. The lowest BCUT2D eigenvalue weighted by atomic mass is 10.0. The predicted octanol–water partition coefficient (Wildman–Crippen LogP) is 0.960. The summed E-state index contributed by atoms with van der Waals surface area (Å²) in [4.78, 5) is 11.2. The van der Waals surface area contributed by atoms with Crippen LogP contribution in [0.15, 0.2) is 11.1 Å². The van der Waals surface area contributed by atoms with Gasteiger partial charge in [0.1, 0.15) is 0 Å². The maximum absolute atomic E-state index is 11.2. The topological polar surface area (TPSA) is 81.8 Å². The third-order valence-corrected chi connectivity index (χ3v) is 2.38. The van der Waals surface area contributed by atoms with Crippen LogP contribution in [0.4, 0.5) is 0 Å². The molecule has 0 spiro atoms. The molecule has 5 nitrogen and oxygen atoms in total. The van der Waals surface area contributed by atoms with Crippen LogP contribution in [-0.4, -0.2) is 37.1 Å². The molecule has 0 saturated carbocycles. The summed E-state index contributed by atoms with van der Waals surface area (Å²) in [6.45, 7) is 6.41. The molecule has 0 saturated heterocycles. The molecule has 0 aliphatic rings. The summed E-state index contributed by atoms with van der Waals surface area (Å²) in [5, 5.41) is 9.00. The van der Waals surface area contributed by atoms with Crippen LogP contribution < -0.4 is 5.73 Å². The second-order valence-electron chi connectivity index (χ2n) is 3.66. The van der Waals surface area contributed by atoms with E-state index in [1.54, 1.807) is 6.92 Å². The fourth-order valence-electron chi connectivity index (χ4n) is 1.49. The average molecular weight is 245 g/mol. The summed E-state index contributed by atoms with van der Waals surface area (Å²) < 4.78 is 10.7. The third kappa shape index (κ3) is 6.41. The van der Waals surface area contributed by atoms with Crippen LogP contribution in [-0.2, 0) is 14.3 Å². The van der Waals surface area contributed by atoms with Crippen molar-refractivity contribution in [3.63, 3.8) is 0 Å². The van der Waals surface area contributed by atoms with Gasteiger partial charge in [-0.05, 0) is 32.8 Å². The number of hydrogen-bond acceptors (Lipinski definition) is 4. The zero-order valence-electron chi connectivity index (χ0n) is 10.9. The predicted molar refractivity (Wildman–Crippen MR) is 65.3 cm³/mol. The number of carbonyl (C=O) groups excluding carboxylic acids is 1. The number of nitrogens with two attached hydrogens (primary N) is 1. The lowest BCUT2D eigenvalue weighted by Gasteiger charge is -2.17. The third-order valence-electron chi connectivity index (χ3n) is 2.38. The summed E-state index contributed by atoms with van der Waals surface area (Å²) in [5.74, 6) is -0.497. The van der Waals surface area contributed by atoms with Crippen molar-refractivity contribution in [2.75, 3.05) is 19.8 Å². The van der Waals surface area contributed by atoms with Crippen LogP contribution in [0.25, 0.3) is 0 Å². The number of amides is 1. The number of carbonyl (C=O) groups is 1. The number of aliphatic hydroxyl groups excluding tert-OH is 1. The molecule has 5 heteroatoms. The average Bonchev–Trinajstić information content (AvgIpc) is 2.28. The van der Waals surface area contributed by atoms with E-state index in [2.05, 4.69) is 0 Å². The first kappa shape index (κ1) is 16.1. The summed E-state index contributed by atoms with van der Waals surface area (Å²) in [5.41, 5.74) is 6.31. The lowest BCUT2D eigenvalue weighted by Crippen LogP contribution is -2.21. The Labute approximate surface area is 103 Å². The fourth-order valence-corrected chi connectivity index (χ4v) is 1.49. The Bertz CT molecular complexity index is 257. The van der Waals surface area contributed by atoms with E-state index >= 15 is 0 Å². The summed E-state index contributed by atoms with van der Waals surface area (Å²) >= 11 is 0. The van der Waals surface area contributed by atoms with Crippen molar-refractivity contribution in [3.8, 4) is 0 Å². The Morgan fingerprint density at radius 3 is 2.18 bits per heavy atom. The second-order valence-corrected chi connectivity index (χ2v) is 3.66. The molecule has 0 aliphatic heterocycles. The van der Waals surface area contributed by atoms with Crippen molar-refractivity contribution in [1.29, 1.82) is 0 Å². The van der Waals surface area contributed by atoms with Gasteiger partial charge in [-0.1, -0.05) is 0 Å². The highest BCUT2D eigenvalue weighted by Crippen LogP contribution is 2.14. The molecule has 0 aromatic heterocycles. The van der Waals surface area contributed by atoms with E-state index in [9.17, 15) is 4.79 Å². The number of aliphatic hydroxyl groups is 1. The first-order chi connectivity index (χ1) is 8.06. The highest BCUT2D eigenvalue weighted by Gasteiger charge is 2.14. The van der Waals surface area contributed by atoms with Crippen LogP contribution in [0, 0.1) is 0 Å². The minimum absolute atomic E-state index is 0.161. The van der Waals surface area contributed by atoms with E-state index in [0.717, 1.165) is 0 Å². The molecule has 0 bridgehead atoms. The van der Waals surface area contributed by atoms with Gasteiger partial charge in [0, 0.05) is 25.2 Å². The van der Waals surface area contributed by atoms with Crippen LogP contribution >= 0.6 is 0 Å². The monoisotopic (exact) mass is 245 g/mol. The van der Waals surface area contributed by atoms with Gasteiger partial charge < -0.3 is 20.3 Å². The number of rotatable bonds is 9. The number of primary amides is 1. The SMILES string of the molecule is CCOC(CC/C(C(N)=O)=C(\C)CO)OCC. The van der Waals surface area contributed by atoms with Crippen molar-refractivity contribution in [3.05, 3.63) is 11.1 Å². The van der Waals surface area contributed by atoms with Gasteiger partial charge in [-0.15, -0.1) is 0 Å². The molecule has 0 aromatic rings. The van der Waals surface area contributed by atoms with E-state index in [1.807, 2.05) is 13.8 Å². The Morgan fingerprint density at radius 2 is 1.82 bits per heavy atom. The van der Waals surface area contributed by atoms with Crippen molar-refractivity contribution in [2.45, 2.75) is 39.9 Å². The highest BCUT2D eigenvalue weighted by molar-refractivity contribution is 5.92. The van der Waals surface area contributed by atoms with Gasteiger partial charge in [-0.25, -0.2) is 0 Å². The van der Waals surface area contributed by atoms with Gasteiger partial charge in [0.2, 0.25) is 5.91 Å². The maximum atomic E-state index is 11.2. The largest absolute Gasteiger partial charge is 0.392 e. The van der Waals surface area contributed by atoms with Gasteiger partial charge in [0.25, 0.3) is 0 Å². The highest BCUT2D eigenvalue weighted by atomic mass is 16.7. The molecule has 0 radical (unpaired) electrons. The quantitative estimate of drug-likeness (QED) is 0.468. The molecule has 0 fully saturated rings. The van der Waals surface area contributed by atoms with Crippen molar-refractivity contribution in [1.82, 2.24) is 0 Å². The number of ether oxygens (including phenoxy) is 2. The smallest absolute Gasteiger partial charge is 0.244 e. The molecule has 0 rings (SSSR count). The lowest BCUT2D eigenvalue weighted by molar-refractivity contribution is -0.139. The van der Waals surface area contributed by atoms with E-state index in [4.69, 9.17) is 20.3 Å². The van der Waals surface area contributed by atoms with Crippen molar-refractivity contribution >= 4 is 5.91 Å². The Morgan fingerprint density at radius 1 is 1.29 bits per heavy atom. The van der Waals surface area contributed by atoms with Crippen LogP contribution in [0.1, 0.15) is 33.6 Å². The first-order valence-electron chi connectivity index (χ1n) is 5.89. The molecule has 0 aliphatic carbocycles. The van der Waals surface area contributed by atoms with Crippen LogP contribution in [0.2, 0.25) is 0 Å². The standard InChI is InChI=1S/C12H23NO4/c1-4-16-11(17-5-2)7-6-10(12(13)15)9(3)8-14/h11,14H,4-8H2,1-3H3,(H2,13,15)/b10-9-. The Kier molecular flexibility index (Phi) is 8.66. The van der Waals surface area contributed by atoms with Crippen LogP contribution in [0.3, 0.4) is 0 Å². The van der Waals surface area contributed by atoms with Gasteiger partial charge >= 0.3 is 0 Å². The molecular weight excluding hydrogens is 222 g/mol. The summed E-state index contributed by atoms with van der Waals surface area (Å²) in [7, 11) is 0. The zero-order chi connectivity index (χ0) is 13.3. The van der Waals surface area contributed by atoms with E-state index in [1.165, 1.54) is 0 Å². The first-order valence-corrected chi connectivity index (χ1v) is 5.89. The van der Waals surface area contributed by atoms with Crippen molar-refractivity contribution in [2.24, 2.45) is 5.73 Å². The fraction of sp³-hybridized carbons (Fsp3) is 0.750. The molecule has 100 valence electrons. The van der Waals surface area contributed by atoms with Gasteiger partial charge in [-0.2, -0.15) is 0 Å². The molecule has 1 amide bonds. The molecule has 17 heavy (non-hydrogen) atoms. The summed E-state index contributed by atoms with van der Waals surface area (Å²) in [6.07, 6.45) is 0.676. The minimum atomic E-state index is -0.497. The number of hydrogen-bond donors (Lipinski definition) is 2. The van der Waals surface area contributed by atoms with Crippen molar-refractivity contribution < 1.29 is 19.4 Å². The molecule has 0 aromatic carbocycles. The van der Waals surface area contributed by atoms with Gasteiger partial charge in [-0.3, -0.25) is 4.79 Å². The normalized spacial score (nSPS) is 12.8. The van der Waals surface area contributed by atoms with E-state index in [0.29, 0.717) is 37.2 Å². The summed E-state index contributed by atoms with van der Waals surface area (Å²) in [6, 6.07) is 0. The molecule has 0 unspecified atom stereocenters. The van der Waals surface area contributed by atoms with E-state index in [-0.39, 0.29) is 12.9 Å². The molecule has 0 heterocycles. The maximum Gasteiger partial charge on any atom is 0.244 e. The van der Waals surface area contributed by atoms with Gasteiger partial charge in [0.05, 0.1) is 6.61 Å². The van der Waals surface area contributed by atoms with Gasteiger partial charge in [0.15, 0.2) is 6.29 Å². The Hall–Kier alpha value is -0.910. The molecule has 3 N–H and O–H groups in total. The zero-order valence-corrected chi connectivity index (χ0v) is 10.9. The molecular formula is C12H23NO4. The second kappa shape index (κ2) is 9.15. The van der Waals surface area contributed by atoms with Crippen LogP contribution in [0.5, 0.6) is 0 Å². The van der Waals surface area contributed by atoms with E-state index < -0.39 is 5.91 Å². The molecule has 0 atom stereocenters. The Balaban J connectivity index is 4.42.